The van der Waals surface area contributed by atoms with Crippen molar-refractivity contribution in [2.75, 3.05) is 0 Å². The predicted molar refractivity (Wildman–Crippen MR) is 67.7 cm³/mol. The minimum atomic E-state index is -1.14. The molecule has 4 heteroatoms. The quantitative estimate of drug-likeness (QED) is 0.621. The van der Waals surface area contributed by atoms with Crippen LogP contribution in [-0.2, 0) is 4.74 Å². The lowest BCUT2D eigenvalue weighted by molar-refractivity contribution is 0.0321. The van der Waals surface area contributed by atoms with Crippen LogP contribution in [0.5, 0.6) is 0 Å². The Morgan fingerprint density at radius 1 is 1.39 bits per heavy atom. The normalized spacial score (nSPS) is 11.6. The SMILES string of the molecule is C=CCC[C@H](C)OC(=O)c1ccccc1C(=O)O. The van der Waals surface area contributed by atoms with E-state index in [1.807, 2.05) is 0 Å². The molecule has 4 nitrogen and oxygen atoms in total. The van der Waals surface area contributed by atoms with E-state index in [1.54, 1.807) is 25.1 Å². The van der Waals surface area contributed by atoms with Gasteiger partial charge in [0.25, 0.3) is 0 Å². The second-order valence-corrected chi connectivity index (χ2v) is 3.93. The zero-order valence-electron chi connectivity index (χ0n) is 10.3. The Morgan fingerprint density at radius 2 is 2.00 bits per heavy atom. The molecule has 96 valence electrons. The third-order valence-corrected chi connectivity index (χ3v) is 2.46. The van der Waals surface area contributed by atoms with Crippen LogP contribution in [0, 0.1) is 0 Å². The van der Waals surface area contributed by atoms with Crippen LogP contribution in [0.1, 0.15) is 40.5 Å². The predicted octanol–water partition coefficient (Wildman–Crippen LogP) is 2.90. The van der Waals surface area contributed by atoms with Crippen molar-refractivity contribution in [3.05, 3.63) is 48.0 Å². The molecule has 0 bridgehead atoms. The molecule has 0 radical (unpaired) electrons. The van der Waals surface area contributed by atoms with Crippen LogP contribution in [0.3, 0.4) is 0 Å². The summed E-state index contributed by atoms with van der Waals surface area (Å²) in [5.41, 5.74) is 0.0360. The summed E-state index contributed by atoms with van der Waals surface area (Å²) in [6.45, 7) is 5.36. The number of benzene rings is 1. The molecular weight excluding hydrogens is 232 g/mol. The van der Waals surface area contributed by atoms with E-state index in [1.165, 1.54) is 12.1 Å². The Morgan fingerprint density at radius 3 is 2.56 bits per heavy atom. The summed E-state index contributed by atoms with van der Waals surface area (Å²) in [5, 5.41) is 8.97. The van der Waals surface area contributed by atoms with Crippen LogP contribution in [0.15, 0.2) is 36.9 Å². The molecule has 0 fully saturated rings. The van der Waals surface area contributed by atoms with Crippen LogP contribution in [0.2, 0.25) is 0 Å². The van der Waals surface area contributed by atoms with Gasteiger partial charge in [0.05, 0.1) is 17.2 Å². The van der Waals surface area contributed by atoms with E-state index >= 15 is 0 Å². The molecule has 1 aromatic carbocycles. The minimum Gasteiger partial charge on any atom is -0.478 e. The van der Waals surface area contributed by atoms with Gasteiger partial charge in [-0.3, -0.25) is 0 Å². The molecule has 1 rings (SSSR count). The third-order valence-electron chi connectivity index (χ3n) is 2.46. The molecule has 0 saturated heterocycles. The van der Waals surface area contributed by atoms with Gasteiger partial charge in [-0.2, -0.15) is 0 Å². The van der Waals surface area contributed by atoms with Gasteiger partial charge in [0.15, 0.2) is 0 Å². The van der Waals surface area contributed by atoms with Crippen molar-refractivity contribution in [2.24, 2.45) is 0 Å². The summed E-state index contributed by atoms with van der Waals surface area (Å²) in [5.74, 6) is -1.74. The molecule has 0 aliphatic heterocycles. The molecule has 0 amide bonds. The molecule has 0 heterocycles. The number of carboxylic acid groups (broad SMARTS) is 1. The Balaban J connectivity index is 2.78. The van der Waals surface area contributed by atoms with E-state index in [0.717, 1.165) is 6.42 Å². The largest absolute Gasteiger partial charge is 0.478 e. The molecule has 0 spiro atoms. The van der Waals surface area contributed by atoms with Gasteiger partial charge >= 0.3 is 11.9 Å². The lowest BCUT2D eigenvalue weighted by Gasteiger charge is -2.13. The lowest BCUT2D eigenvalue weighted by atomic mass is 10.1. The minimum absolute atomic E-state index is 0.0431. The number of aromatic carboxylic acids is 1. The second kappa shape index (κ2) is 6.59. The monoisotopic (exact) mass is 248 g/mol. The highest BCUT2D eigenvalue weighted by molar-refractivity contribution is 6.02. The first kappa shape index (κ1) is 14.0. The Kier molecular flexibility index (Phi) is 5.11. The number of rotatable bonds is 6. The van der Waals surface area contributed by atoms with E-state index in [9.17, 15) is 9.59 Å². The van der Waals surface area contributed by atoms with Gasteiger partial charge in [-0.15, -0.1) is 6.58 Å². The highest BCUT2D eigenvalue weighted by Gasteiger charge is 2.18. The summed E-state index contributed by atoms with van der Waals surface area (Å²) >= 11 is 0. The molecule has 0 aliphatic rings. The first-order chi connectivity index (χ1) is 8.56. The Hall–Kier alpha value is -2.10. The van der Waals surface area contributed by atoms with Crippen molar-refractivity contribution < 1.29 is 19.4 Å². The topological polar surface area (TPSA) is 63.6 Å². The molecule has 1 atom stereocenters. The fraction of sp³-hybridized carbons (Fsp3) is 0.286. The van der Waals surface area contributed by atoms with Crippen molar-refractivity contribution >= 4 is 11.9 Å². The maximum absolute atomic E-state index is 11.8. The average molecular weight is 248 g/mol. The molecule has 0 unspecified atom stereocenters. The van der Waals surface area contributed by atoms with Gasteiger partial charge in [0.2, 0.25) is 0 Å². The zero-order chi connectivity index (χ0) is 13.5. The number of carbonyl (C=O) groups excluding carboxylic acids is 1. The standard InChI is InChI=1S/C14H16O4/c1-3-4-7-10(2)18-14(17)12-9-6-5-8-11(12)13(15)16/h3,5-6,8-10H,1,4,7H2,2H3,(H,15,16)/t10-/m0/s1. The van der Waals surface area contributed by atoms with Crippen LogP contribution in [0.4, 0.5) is 0 Å². The fourth-order valence-corrected chi connectivity index (χ4v) is 1.51. The number of allylic oxidation sites excluding steroid dienone is 1. The first-order valence-corrected chi connectivity index (χ1v) is 5.70. The van der Waals surface area contributed by atoms with Crippen LogP contribution >= 0.6 is 0 Å². The number of ether oxygens (including phenoxy) is 1. The number of hydrogen-bond donors (Lipinski definition) is 1. The molecule has 0 aliphatic carbocycles. The molecular formula is C14H16O4. The maximum atomic E-state index is 11.8. The van der Waals surface area contributed by atoms with Crippen molar-refractivity contribution in [1.82, 2.24) is 0 Å². The van der Waals surface area contributed by atoms with Crippen molar-refractivity contribution in [2.45, 2.75) is 25.9 Å². The summed E-state index contributed by atoms with van der Waals surface area (Å²) in [6.07, 6.45) is 2.90. The Bertz CT molecular complexity index is 451. The molecule has 1 N–H and O–H groups in total. The summed E-state index contributed by atoms with van der Waals surface area (Å²) in [4.78, 5) is 22.8. The molecule has 0 aromatic heterocycles. The molecule has 0 saturated carbocycles. The van der Waals surface area contributed by atoms with Gasteiger partial charge in [0.1, 0.15) is 0 Å². The summed E-state index contributed by atoms with van der Waals surface area (Å²) in [7, 11) is 0. The molecule has 18 heavy (non-hydrogen) atoms. The first-order valence-electron chi connectivity index (χ1n) is 5.70. The van der Waals surface area contributed by atoms with Gasteiger partial charge in [0, 0.05) is 0 Å². The molecule has 1 aromatic rings. The van der Waals surface area contributed by atoms with Gasteiger partial charge in [-0.1, -0.05) is 18.2 Å². The van der Waals surface area contributed by atoms with Gasteiger partial charge in [-0.05, 0) is 31.9 Å². The van der Waals surface area contributed by atoms with Crippen LogP contribution < -0.4 is 0 Å². The van der Waals surface area contributed by atoms with Gasteiger partial charge in [-0.25, -0.2) is 9.59 Å². The van der Waals surface area contributed by atoms with Crippen molar-refractivity contribution in [3.63, 3.8) is 0 Å². The lowest BCUT2D eigenvalue weighted by Crippen LogP contribution is -2.17. The highest BCUT2D eigenvalue weighted by Crippen LogP contribution is 2.13. The van der Waals surface area contributed by atoms with E-state index in [-0.39, 0.29) is 17.2 Å². The van der Waals surface area contributed by atoms with Crippen molar-refractivity contribution in [3.8, 4) is 0 Å². The number of esters is 1. The summed E-state index contributed by atoms with van der Waals surface area (Å²) in [6, 6.07) is 6.01. The Labute approximate surface area is 106 Å². The van der Waals surface area contributed by atoms with E-state index < -0.39 is 11.9 Å². The number of carboxylic acids is 1. The van der Waals surface area contributed by atoms with Gasteiger partial charge < -0.3 is 9.84 Å². The van der Waals surface area contributed by atoms with Crippen LogP contribution in [-0.4, -0.2) is 23.1 Å². The summed E-state index contributed by atoms with van der Waals surface area (Å²) < 4.78 is 5.18. The van der Waals surface area contributed by atoms with E-state index in [4.69, 9.17) is 9.84 Å². The van der Waals surface area contributed by atoms with E-state index in [0.29, 0.717) is 6.42 Å². The average Bonchev–Trinajstić information content (AvgIpc) is 2.36. The third kappa shape index (κ3) is 3.73. The smallest absolute Gasteiger partial charge is 0.339 e. The second-order valence-electron chi connectivity index (χ2n) is 3.93. The van der Waals surface area contributed by atoms with Crippen LogP contribution in [0.25, 0.3) is 0 Å². The fourth-order valence-electron chi connectivity index (χ4n) is 1.51. The highest BCUT2D eigenvalue weighted by atomic mass is 16.5. The number of hydrogen-bond acceptors (Lipinski definition) is 3. The maximum Gasteiger partial charge on any atom is 0.339 e. The van der Waals surface area contributed by atoms with E-state index in [2.05, 4.69) is 6.58 Å². The zero-order valence-corrected chi connectivity index (χ0v) is 10.3. The number of carbonyl (C=O) groups is 2. The van der Waals surface area contributed by atoms with Crippen molar-refractivity contribution in [1.29, 1.82) is 0 Å².